The van der Waals surface area contributed by atoms with E-state index in [1.54, 1.807) is 6.92 Å². The predicted octanol–water partition coefficient (Wildman–Crippen LogP) is -0.0866. The maximum absolute atomic E-state index is 10.8. The molecule has 0 atom stereocenters. The van der Waals surface area contributed by atoms with E-state index in [1.165, 1.54) is 0 Å². The van der Waals surface area contributed by atoms with Crippen LogP contribution in [0.5, 0.6) is 0 Å². The standard InChI is InChI=1S/C8H13N3OS/c1-4-5-7(12)10-11-8(13)9-6(2)3/h6H,1-3H3,(H,10,12)(H2,9,11,13). The molecule has 0 saturated heterocycles. The van der Waals surface area contributed by atoms with Gasteiger partial charge in [0, 0.05) is 6.04 Å². The molecule has 0 aliphatic carbocycles. The third kappa shape index (κ3) is 7.09. The average molecular weight is 199 g/mol. The zero-order valence-corrected chi connectivity index (χ0v) is 8.71. The van der Waals surface area contributed by atoms with Gasteiger partial charge in [-0.15, -0.1) is 0 Å². The lowest BCUT2D eigenvalue weighted by atomic mass is 10.4. The molecule has 13 heavy (non-hydrogen) atoms. The summed E-state index contributed by atoms with van der Waals surface area (Å²) in [5.74, 6) is 4.36. The van der Waals surface area contributed by atoms with E-state index in [0.29, 0.717) is 5.11 Å². The van der Waals surface area contributed by atoms with Crippen molar-refractivity contribution in [1.82, 2.24) is 16.2 Å². The molecule has 0 unspecified atom stereocenters. The Kier molecular flexibility index (Phi) is 5.64. The van der Waals surface area contributed by atoms with Crippen molar-refractivity contribution in [1.29, 1.82) is 0 Å². The highest BCUT2D eigenvalue weighted by Crippen LogP contribution is 1.75. The highest BCUT2D eigenvalue weighted by molar-refractivity contribution is 7.80. The summed E-state index contributed by atoms with van der Waals surface area (Å²) in [6.07, 6.45) is 0. The number of thiocarbonyl (C=S) groups is 1. The molecule has 0 aliphatic rings. The summed E-state index contributed by atoms with van der Waals surface area (Å²) in [5.41, 5.74) is 4.84. The molecule has 0 radical (unpaired) electrons. The second-order valence-electron chi connectivity index (χ2n) is 2.58. The van der Waals surface area contributed by atoms with Gasteiger partial charge < -0.3 is 5.32 Å². The minimum absolute atomic E-state index is 0.231. The third-order valence-electron chi connectivity index (χ3n) is 0.948. The Morgan fingerprint density at radius 3 is 2.46 bits per heavy atom. The zero-order chi connectivity index (χ0) is 10.3. The summed E-state index contributed by atoms with van der Waals surface area (Å²) in [6, 6.07) is 0.231. The molecule has 0 heterocycles. The Labute approximate surface area is 83.4 Å². The second-order valence-corrected chi connectivity index (χ2v) is 2.99. The first kappa shape index (κ1) is 11.7. The van der Waals surface area contributed by atoms with Crippen molar-refractivity contribution in [3.63, 3.8) is 0 Å². The van der Waals surface area contributed by atoms with E-state index < -0.39 is 5.91 Å². The molecule has 0 saturated carbocycles. The van der Waals surface area contributed by atoms with Crippen LogP contribution in [0.1, 0.15) is 20.8 Å². The van der Waals surface area contributed by atoms with Crippen molar-refractivity contribution in [2.45, 2.75) is 26.8 Å². The Balaban J connectivity index is 3.68. The fraction of sp³-hybridized carbons (Fsp3) is 0.500. The first-order valence-electron chi connectivity index (χ1n) is 3.85. The Bertz CT molecular complexity index is 252. The van der Waals surface area contributed by atoms with Crippen LogP contribution >= 0.6 is 12.2 Å². The van der Waals surface area contributed by atoms with Gasteiger partial charge in [-0.05, 0) is 38.9 Å². The topological polar surface area (TPSA) is 53.2 Å². The number of carbonyl (C=O) groups is 1. The van der Waals surface area contributed by atoms with Crippen LogP contribution in [0.2, 0.25) is 0 Å². The molecule has 0 rings (SSSR count). The van der Waals surface area contributed by atoms with Crippen LogP contribution in [0.4, 0.5) is 0 Å². The summed E-state index contributed by atoms with van der Waals surface area (Å²) in [6.45, 7) is 5.48. The molecule has 0 aliphatic heterocycles. The lowest BCUT2D eigenvalue weighted by Crippen LogP contribution is -2.48. The minimum Gasteiger partial charge on any atom is -0.359 e. The van der Waals surface area contributed by atoms with Gasteiger partial charge in [-0.25, -0.2) is 0 Å². The zero-order valence-electron chi connectivity index (χ0n) is 7.89. The van der Waals surface area contributed by atoms with Crippen molar-refractivity contribution in [3.05, 3.63) is 0 Å². The smallest absolute Gasteiger partial charge is 0.314 e. The number of rotatable bonds is 1. The summed E-state index contributed by atoms with van der Waals surface area (Å²) in [5, 5.41) is 3.27. The van der Waals surface area contributed by atoms with Crippen LogP contribution in [-0.4, -0.2) is 17.1 Å². The van der Waals surface area contributed by atoms with Gasteiger partial charge in [-0.1, -0.05) is 5.92 Å². The van der Waals surface area contributed by atoms with Gasteiger partial charge >= 0.3 is 5.91 Å². The average Bonchev–Trinajstić information content (AvgIpc) is 2.00. The highest BCUT2D eigenvalue weighted by atomic mass is 32.1. The van der Waals surface area contributed by atoms with E-state index >= 15 is 0 Å². The fourth-order valence-corrected chi connectivity index (χ4v) is 0.843. The SMILES string of the molecule is CC#CC(=O)NNC(=S)NC(C)C. The number of hydrogen-bond acceptors (Lipinski definition) is 2. The molecule has 4 nitrogen and oxygen atoms in total. The normalized spacial score (nSPS) is 8.31. The largest absolute Gasteiger partial charge is 0.359 e. The van der Waals surface area contributed by atoms with E-state index in [0.717, 1.165) is 0 Å². The van der Waals surface area contributed by atoms with Crippen LogP contribution < -0.4 is 16.2 Å². The molecule has 1 amide bonds. The van der Waals surface area contributed by atoms with Crippen molar-refractivity contribution in [3.8, 4) is 11.8 Å². The summed E-state index contributed by atoms with van der Waals surface area (Å²) in [4.78, 5) is 10.8. The minimum atomic E-state index is -0.407. The summed E-state index contributed by atoms with van der Waals surface area (Å²) in [7, 11) is 0. The number of amides is 1. The maximum Gasteiger partial charge on any atom is 0.314 e. The molecule has 3 N–H and O–H groups in total. The number of hydrazine groups is 1. The number of carbonyl (C=O) groups excluding carboxylic acids is 1. The Morgan fingerprint density at radius 2 is 2.00 bits per heavy atom. The van der Waals surface area contributed by atoms with Crippen LogP contribution in [0.15, 0.2) is 0 Å². The van der Waals surface area contributed by atoms with Crippen molar-refractivity contribution >= 4 is 23.2 Å². The van der Waals surface area contributed by atoms with Gasteiger partial charge in [-0.3, -0.25) is 15.6 Å². The molecule has 0 aromatic rings. The van der Waals surface area contributed by atoms with E-state index in [4.69, 9.17) is 12.2 Å². The van der Waals surface area contributed by atoms with Gasteiger partial charge in [-0.2, -0.15) is 0 Å². The van der Waals surface area contributed by atoms with Gasteiger partial charge in [0.15, 0.2) is 5.11 Å². The molecule has 72 valence electrons. The van der Waals surface area contributed by atoms with Gasteiger partial charge in [0.2, 0.25) is 0 Å². The van der Waals surface area contributed by atoms with Gasteiger partial charge in [0.05, 0.1) is 0 Å². The first-order valence-corrected chi connectivity index (χ1v) is 4.26. The molecule has 0 aromatic carbocycles. The Morgan fingerprint density at radius 1 is 1.38 bits per heavy atom. The van der Waals surface area contributed by atoms with Crippen molar-refractivity contribution in [2.75, 3.05) is 0 Å². The molecule has 0 aromatic heterocycles. The molecule has 5 heteroatoms. The van der Waals surface area contributed by atoms with Crippen LogP contribution in [0.3, 0.4) is 0 Å². The fourth-order valence-electron chi connectivity index (χ4n) is 0.557. The Hall–Kier alpha value is -1.28. The quantitative estimate of drug-likeness (QED) is 0.314. The highest BCUT2D eigenvalue weighted by Gasteiger charge is 1.98. The van der Waals surface area contributed by atoms with Gasteiger partial charge in [0.25, 0.3) is 0 Å². The summed E-state index contributed by atoms with van der Waals surface area (Å²) < 4.78 is 0. The van der Waals surface area contributed by atoms with Crippen molar-refractivity contribution < 1.29 is 4.79 Å². The lowest BCUT2D eigenvalue weighted by molar-refractivity contribution is -0.116. The third-order valence-corrected chi connectivity index (χ3v) is 1.17. The first-order chi connectivity index (χ1) is 6.06. The lowest BCUT2D eigenvalue weighted by Gasteiger charge is -2.12. The van der Waals surface area contributed by atoms with Crippen molar-refractivity contribution in [2.24, 2.45) is 0 Å². The van der Waals surface area contributed by atoms with E-state index in [1.807, 2.05) is 13.8 Å². The van der Waals surface area contributed by atoms with Crippen LogP contribution in [-0.2, 0) is 4.79 Å². The van der Waals surface area contributed by atoms with Crippen LogP contribution in [0.25, 0.3) is 0 Å². The summed E-state index contributed by atoms with van der Waals surface area (Å²) >= 11 is 4.85. The van der Waals surface area contributed by atoms with E-state index in [-0.39, 0.29) is 6.04 Å². The molecule has 0 spiro atoms. The van der Waals surface area contributed by atoms with E-state index in [2.05, 4.69) is 28.0 Å². The van der Waals surface area contributed by atoms with E-state index in [9.17, 15) is 4.79 Å². The molecular weight excluding hydrogens is 186 g/mol. The number of nitrogens with one attached hydrogen (secondary N) is 3. The monoisotopic (exact) mass is 199 g/mol. The second kappa shape index (κ2) is 6.26. The molecule has 0 fully saturated rings. The molecular formula is C8H13N3OS. The number of hydrogen-bond donors (Lipinski definition) is 3. The predicted molar refractivity (Wildman–Crippen MR) is 55.6 cm³/mol. The van der Waals surface area contributed by atoms with Gasteiger partial charge in [0.1, 0.15) is 0 Å². The van der Waals surface area contributed by atoms with Crippen LogP contribution in [0, 0.1) is 11.8 Å². The maximum atomic E-state index is 10.8. The molecule has 0 bridgehead atoms.